The molecule has 1 atom stereocenters. The molecular formula is C29H23N3. The van der Waals surface area contributed by atoms with Crippen LogP contribution in [0.1, 0.15) is 28.3 Å². The summed E-state index contributed by atoms with van der Waals surface area (Å²) < 4.78 is 2.34. The molecule has 0 amide bonds. The smallest absolute Gasteiger partial charge is 0.209 e. The zero-order valence-corrected chi connectivity index (χ0v) is 17.9. The van der Waals surface area contributed by atoms with E-state index in [1.807, 2.05) is 6.07 Å². The molecule has 2 heterocycles. The lowest BCUT2D eigenvalue weighted by Crippen LogP contribution is -2.23. The number of anilines is 1. The number of aromatic nitrogens is 2. The predicted octanol–water partition coefficient (Wildman–Crippen LogP) is 6.93. The zero-order valence-electron chi connectivity index (χ0n) is 17.9. The Balaban J connectivity index is 1.71. The van der Waals surface area contributed by atoms with Crippen LogP contribution in [-0.4, -0.2) is 9.55 Å². The minimum absolute atomic E-state index is 0.00291. The summed E-state index contributed by atoms with van der Waals surface area (Å²) in [5.41, 5.74) is 9.33. The van der Waals surface area contributed by atoms with Gasteiger partial charge >= 0.3 is 0 Å². The molecule has 3 heteroatoms. The van der Waals surface area contributed by atoms with Gasteiger partial charge in [-0.15, -0.1) is 0 Å². The van der Waals surface area contributed by atoms with E-state index in [-0.39, 0.29) is 6.04 Å². The summed E-state index contributed by atoms with van der Waals surface area (Å²) in [5.74, 6) is 0.871. The number of benzene rings is 4. The number of para-hydroxylation sites is 2. The maximum absolute atomic E-state index is 4.97. The third-order valence-electron chi connectivity index (χ3n) is 6.17. The average molecular weight is 414 g/mol. The second kappa shape index (κ2) is 7.54. The van der Waals surface area contributed by atoms with Gasteiger partial charge in [-0.2, -0.15) is 0 Å². The molecule has 0 radical (unpaired) electrons. The highest BCUT2D eigenvalue weighted by Crippen LogP contribution is 2.46. The quantitative estimate of drug-likeness (QED) is 0.348. The standard InChI is InChI=1S/C29H23N3/c1-20-16-18-23(19-17-20)28-26(21-10-4-2-5-11-21)27(22-12-6-3-7-13-22)31-29-30-24-14-8-9-15-25(24)32(28)29/h2-19,28H,1H3,(H,30,31). The largest absolute Gasteiger partial charge is 0.325 e. The van der Waals surface area contributed by atoms with E-state index in [0.717, 1.165) is 28.2 Å². The molecule has 0 fully saturated rings. The first-order valence-electron chi connectivity index (χ1n) is 11.0. The van der Waals surface area contributed by atoms with Crippen molar-refractivity contribution in [3.05, 3.63) is 131 Å². The molecule has 32 heavy (non-hydrogen) atoms. The van der Waals surface area contributed by atoms with E-state index in [4.69, 9.17) is 4.98 Å². The first-order valence-corrected chi connectivity index (χ1v) is 11.0. The van der Waals surface area contributed by atoms with Gasteiger partial charge in [0.05, 0.1) is 22.8 Å². The molecule has 1 aliphatic rings. The fourth-order valence-electron chi connectivity index (χ4n) is 4.66. The molecule has 4 aromatic carbocycles. The number of fused-ring (bicyclic) bond motifs is 3. The molecule has 1 aliphatic heterocycles. The van der Waals surface area contributed by atoms with Gasteiger partial charge in [0.2, 0.25) is 5.95 Å². The number of aryl methyl sites for hydroxylation is 1. The summed E-state index contributed by atoms with van der Waals surface area (Å²) in [7, 11) is 0. The Morgan fingerprint density at radius 2 is 1.31 bits per heavy atom. The number of imidazole rings is 1. The topological polar surface area (TPSA) is 29.9 Å². The van der Waals surface area contributed by atoms with Crippen molar-refractivity contribution in [3.63, 3.8) is 0 Å². The molecule has 0 spiro atoms. The van der Waals surface area contributed by atoms with Crippen LogP contribution in [-0.2, 0) is 0 Å². The van der Waals surface area contributed by atoms with Crippen LogP contribution in [0.4, 0.5) is 5.95 Å². The van der Waals surface area contributed by atoms with Crippen LogP contribution < -0.4 is 5.32 Å². The van der Waals surface area contributed by atoms with Gasteiger partial charge in [0.15, 0.2) is 0 Å². The van der Waals surface area contributed by atoms with Gasteiger partial charge in [0, 0.05) is 5.57 Å². The molecule has 0 saturated carbocycles. The van der Waals surface area contributed by atoms with Gasteiger partial charge in [0.1, 0.15) is 0 Å². The number of nitrogens with zero attached hydrogens (tertiary/aromatic N) is 2. The molecule has 1 aromatic heterocycles. The van der Waals surface area contributed by atoms with Crippen LogP contribution >= 0.6 is 0 Å². The fourth-order valence-corrected chi connectivity index (χ4v) is 4.66. The highest BCUT2D eigenvalue weighted by molar-refractivity contribution is 6.01. The Morgan fingerprint density at radius 1 is 0.688 bits per heavy atom. The molecule has 1 N–H and O–H groups in total. The number of allylic oxidation sites excluding steroid dienone is 1. The number of hydrogen-bond acceptors (Lipinski definition) is 2. The first kappa shape index (κ1) is 18.6. The Morgan fingerprint density at radius 3 is 2.03 bits per heavy atom. The van der Waals surface area contributed by atoms with E-state index in [1.54, 1.807) is 0 Å². The Bertz CT molecular complexity index is 1430. The van der Waals surface area contributed by atoms with Crippen molar-refractivity contribution in [1.82, 2.24) is 9.55 Å². The molecule has 0 bridgehead atoms. The maximum atomic E-state index is 4.97. The Labute approximate surface area is 187 Å². The number of nitrogens with one attached hydrogen (secondary N) is 1. The van der Waals surface area contributed by atoms with E-state index < -0.39 is 0 Å². The number of rotatable bonds is 3. The Kier molecular flexibility index (Phi) is 4.39. The molecule has 3 nitrogen and oxygen atoms in total. The summed E-state index contributed by atoms with van der Waals surface area (Å²) in [6.45, 7) is 2.13. The molecule has 154 valence electrons. The second-order valence-electron chi connectivity index (χ2n) is 8.25. The van der Waals surface area contributed by atoms with Crippen molar-refractivity contribution in [2.75, 3.05) is 5.32 Å². The second-order valence-corrected chi connectivity index (χ2v) is 8.25. The van der Waals surface area contributed by atoms with Crippen molar-refractivity contribution < 1.29 is 0 Å². The molecule has 6 rings (SSSR count). The zero-order chi connectivity index (χ0) is 21.5. The summed E-state index contributed by atoms with van der Waals surface area (Å²) >= 11 is 0. The summed E-state index contributed by atoms with van der Waals surface area (Å²) in [4.78, 5) is 4.97. The predicted molar refractivity (Wildman–Crippen MR) is 132 cm³/mol. The first-order chi connectivity index (χ1) is 15.8. The minimum atomic E-state index is -0.00291. The minimum Gasteiger partial charge on any atom is -0.325 e. The molecule has 0 aliphatic carbocycles. The van der Waals surface area contributed by atoms with Crippen LogP contribution in [0.25, 0.3) is 22.3 Å². The van der Waals surface area contributed by atoms with Crippen molar-refractivity contribution in [2.24, 2.45) is 0 Å². The summed E-state index contributed by atoms with van der Waals surface area (Å²) in [6, 6.07) is 38.5. The Hall–Kier alpha value is -4.11. The average Bonchev–Trinajstić information content (AvgIpc) is 3.23. The van der Waals surface area contributed by atoms with E-state index >= 15 is 0 Å². The molecule has 5 aromatic rings. The van der Waals surface area contributed by atoms with E-state index in [1.165, 1.54) is 22.3 Å². The monoisotopic (exact) mass is 413 g/mol. The third kappa shape index (κ3) is 3.02. The van der Waals surface area contributed by atoms with Crippen LogP contribution in [0, 0.1) is 6.92 Å². The lowest BCUT2D eigenvalue weighted by atomic mass is 9.87. The van der Waals surface area contributed by atoms with Crippen LogP contribution in [0.15, 0.2) is 109 Å². The van der Waals surface area contributed by atoms with Gasteiger partial charge in [-0.1, -0.05) is 103 Å². The van der Waals surface area contributed by atoms with Gasteiger partial charge < -0.3 is 5.32 Å². The van der Waals surface area contributed by atoms with Crippen LogP contribution in [0.3, 0.4) is 0 Å². The number of hydrogen-bond donors (Lipinski definition) is 1. The van der Waals surface area contributed by atoms with Crippen LogP contribution in [0.5, 0.6) is 0 Å². The highest BCUT2D eigenvalue weighted by atomic mass is 15.3. The summed E-state index contributed by atoms with van der Waals surface area (Å²) in [5, 5.41) is 3.69. The van der Waals surface area contributed by atoms with Crippen molar-refractivity contribution in [1.29, 1.82) is 0 Å². The SMILES string of the molecule is Cc1ccc(C2C(c3ccccc3)=C(c3ccccc3)Nc3nc4ccccc4n32)cc1. The highest BCUT2D eigenvalue weighted by Gasteiger charge is 2.32. The van der Waals surface area contributed by atoms with Gasteiger partial charge in [-0.05, 0) is 35.7 Å². The van der Waals surface area contributed by atoms with Crippen molar-refractivity contribution in [2.45, 2.75) is 13.0 Å². The lowest BCUT2D eigenvalue weighted by Gasteiger charge is -2.33. The van der Waals surface area contributed by atoms with Crippen molar-refractivity contribution >= 4 is 28.3 Å². The van der Waals surface area contributed by atoms with Gasteiger partial charge in [0.25, 0.3) is 0 Å². The fraction of sp³-hybridized carbons (Fsp3) is 0.0690. The molecule has 0 saturated heterocycles. The van der Waals surface area contributed by atoms with E-state index in [2.05, 4.69) is 120 Å². The summed E-state index contributed by atoms with van der Waals surface area (Å²) in [6.07, 6.45) is 0. The normalized spacial score (nSPS) is 15.5. The van der Waals surface area contributed by atoms with Crippen LogP contribution in [0.2, 0.25) is 0 Å². The third-order valence-corrected chi connectivity index (χ3v) is 6.17. The molecule has 1 unspecified atom stereocenters. The van der Waals surface area contributed by atoms with Gasteiger partial charge in [-0.25, -0.2) is 4.98 Å². The van der Waals surface area contributed by atoms with E-state index in [0.29, 0.717) is 0 Å². The van der Waals surface area contributed by atoms with E-state index in [9.17, 15) is 0 Å². The van der Waals surface area contributed by atoms with Crippen molar-refractivity contribution in [3.8, 4) is 0 Å². The van der Waals surface area contributed by atoms with Gasteiger partial charge in [-0.3, -0.25) is 4.57 Å². The lowest BCUT2D eigenvalue weighted by molar-refractivity contribution is 0.737. The molecular weight excluding hydrogens is 390 g/mol. The maximum Gasteiger partial charge on any atom is 0.209 e.